The molecule has 0 amide bonds. The van der Waals surface area contributed by atoms with Crippen LogP contribution in [0.5, 0.6) is 0 Å². The fourth-order valence-electron chi connectivity index (χ4n) is 1.98. The maximum Gasteiger partial charge on any atom is 0.229 e. The van der Waals surface area contributed by atoms with Gasteiger partial charge in [-0.25, -0.2) is 0 Å². The maximum atomic E-state index is 5.76. The van der Waals surface area contributed by atoms with Crippen molar-refractivity contribution >= 4 is 0 Å². The van der Waals surface area contributed by atoms with E-state index in [1.807, 2.05) is 0 Å². The first kappa shape index (κ1) is 10.2. The Hall–Kier alpha value is -0.940. The van der Waals surface area contributed by atoms with Gasteiger partial charge in [0.2, 0.25) is 5.89 Å². The van der Waals surface area contributed by atoms with Crippen LogP contribution < -0.4 is 5.32 Å². The SMILES string of the molecule is C1CC(OCc2noc(C3CC3)n2)CCN1. The van der Waals surface area contributed by atoms with E-state index < -0.39 is 0 Å². The van der Waals surface area contributed by atoms with Gasteiger partial charge in [-0.05, 0) is 38.8 Å². The Labute approximate surface area is 94.6 Å². The molecule has 0 unspecified atom stereocenters. The van der Waals surface area contributed by atoms with E-state index in [1.165, 1.54) is 12.8 Å². The summed E-state index contributed by atoms with van der Waals surface area (Å²) < 4.78 is 10.9. The Morgan fingerprint density at radius 2 is 2.06 bits per heavy atom. The van der Waals surface area contributed by atoms with Crippen molar-refractivity contribution in [2.24, 2.45) is 0 Å². The lowest BCUT2D eigenvalue weighted by Crippen LogP contribution is -2.32. The molecule has 1 aliphatic carbocycles. The summed E-state index contributed by atoms with van der Waals surface area (Å²) in [4.78, 5) is 4.34. The van der Waals surface area contributed by atoms with E-state index >= 15 is 0 Å². The van der Waals surface area contributed by atoms with Crippen molar-refractivity contribution in [3.8, 4) is 0 Å². The van der Waals surface area contributed by atoms with Gasteiger partial charge < -0.3 is 14.6 Å². The number of rotatable bonds is 4. The highest BCUT2D eigenvalue weighted by Crippen LogP contribution is 2.38. The molecular formula is C11H17N3O2. The zero-order chi connectivity index (χ0) is 10.8. The molecule has 0 spiro atoms. The standard InChI is InChI=1S/C11H17N3O2/c1-2-8(1)11-13-10(14-16-11)7-15-9-3-5-12-6-4-9/h8-9,12H,1-7H2. The van der Waals surface area contributed by atoms with Crippen molar-refractivity contribution < 1.29 is 9.26 Å². The first-order valence-corrected chi connectivity index (χ1v) is 6.06. The lowest BCUT2D eigenvalue weighted by atomic mass is 10.1. The van der Waals surface area contributed by atoms with Gasteiger partial charge in [0.05, 0.1) is 6.10 Å². The Morgan fingerprint density at radius 1 is 1.25 bits per heavy atom. The van der Waals surface area contributed by atoms with Crippen LogP contribution in [0.25, 0.3) is 0 Å². The van der Waals surface area contributed by atoms with Gasteiger partial charge in [0.15, 0.2) is 5.82 Å². The number of piperidine rings is 1. The van der Waals surface area contributed by atoms with Gasteiger partial charge in [0, 0.05) is 5.92 Å². The van der Waals surface area contributed by atoms with Gasteiger partial charge >= 0.3 is 0 Å². The van der Waals surface area contributed by atoms with Crippen molar-refractivity contribution in [2.45, 2.75) is 44.3 Å². The molecule has 2 fully saturated rings. The van der Waals surface area contributed by atoms with Gasteiger partial charge in [0.25, 0.3) is 0 Å². The van der Waals surface area contributed by atoms with E-state index in [1.54, 1.807) is 0 Å². The molecule has 2 aliphatic rings. The third-order valence-corrected chi connectivity index (χ3v) is 3.14. The zero-order valence-electron chi connectivity index (χ0n) is 9.32. The molecule has 3 rings (SSSR count). The fraction of sp³-hybridized carbons (Fsp3) is 0.818. The van der Waals surface area contributed by atoms with Gasteiger partial charge in [-0.1, -0.05) is 5.16 Å². The average Bonchev–Trinajstić information content (AvgIpc) is 3.08. The number of hydrogen-bond donors (Lipinski definition) is 1. The summed E-state index contributed by atoms with van der Waals surface area (Å²) in [5.41, 5.74) is 0. The minimum absolute atomic E-state index is 0.351. The van der Waals surface area contributed by atoms with E-state index in [0.717, 1.165) is 31.8 Å². The van der Waals surface area contributed by atoms with Gasteiger partial charge in [-0.2, -0.15) is 4.98 Å². The minimum atomic E-state index is 0.351. The Morgan fingerprint density at radius 3 is 2.81 bits per heavy atom. The van der Waals surface area contributed by atoms with Gasteiger partial charge in [-0.3, -0.25) is 0 Å². The second-order valence-corrected chi connectivity index (χ2v) is 4.58. The first-order valence-electron chi connectivity index (χ1n) is 6.06. The molecule has 1 aromatic rings. The third kappa shape index (κ3) is 2.41. The summed E-state index contributed by atoms with van der Waals surface area (Å²) in [6.07, 6.45) is 4.89. The third-order valence-electron chi connectivity index (χ3n) is 3.14. The van der Waals surface area contributed by atoms with E-state index in [0.29, 0.717) is 24.5 Å². The summed E-state index contributed by atoms with van der Waals surface area (Å²) in [7, 11) is 0. The summed E-state index contributed by atoms with van der Waals surface area (Å²) in [5.74, 6) is 2.02. The van der Waals surface area contributed by atoms with Crippen molar-refractivity contribution in [3.05, 3.63) is 11.7 Å². The lowest BCUT2D eigenvalue weighted by Gasteiger charge is -2.22. The summed E-state index contributed by atoms with van der Waals surface area (Å²) in [5, 5.41) is 7.25. The fourth-order valence-corrected chi connectivity index (χ4v) is 1.98. The normalized spacial score (nSPS) is 22.5. The molecule has 1 saturated carbocycles. The number of hydrogen-bond acceptors (Lipinski definition) is 5. The van der Waals surface area contributed by atoms with Gasteiger partial charge in [-0.15, -0.1) is 0 Å². The Bertz CT molecular complexity index is 343. The van der Waals surface area contributed by atoms with E-state index in [-0.39, 0.29) is 0 Å². The van der Waals surface area contributed by atoms with Crippen LogP contribution in [0, 0.1) is 0 Å². The molecule has 88 valence electrons. The van der Waals surface area contributed by atoms with E-state index in [2.05, 4.69) is 15.5 Å². The molecule has 1 aliphatic heterocycles. The molecule has 0 radical (unpaired) electrons. The highest BCUT2D eigenvalue weighted by molar-refractivity contribution is 5.01. The maximum absolute atomic E-state index is 5.76. The average molecular weight is 223 g/mol. The molecule has 2 heterocycles. The monoisotopic (exact) mass is 223 g/mol. The predicted molar refractivity (Wildman–Crippen MR) is 57.0 cm³/mol. The first-order chi connectivity index (χ1) is 7.92. The van der Waals surface area contributed by atoms with Crippen LogP contribution >= 0.6 is 0 Å². The lowest BCUT2D eigenvalue weighted by molar-refractivity contribution is 0.0170. The summed E-state index contributed by atoms with van der Waals surface area (Å²) in [6, 6.07) is 0. The van der Waals surface area contributed by atoms with Crippen LogP contribution in [0.2, 0.25) is 0 Å². The summed E-state index contributed by atoms with van der Waals surface area (Å²) in [6.45, 7) is 2.58. The molecule has 5 nitrogen and oxygen atoms in total. The molecular weight excluding hydrogens is 206 g/mol. The molecule has 1 aromatic heterocycles. The second kappa shape index (κ2) is 4.51. The van der Waals surface area contributed by atoms with Crippen LogP contribution in [0.1, 0.15) is 43.3 Å². The zero-order valence-corrected chi connectivity index (χ0v) is 9.32. The van der Waals surface area contributed by atoms with Crippen molar-refractivity contribution in [1.29, 1.82) is 0 Å². The van der Waals surface area contributed by atoms with Crippen LogP contribution in [-0.4, -0.2) is 29.3 Å². The molecule has 5 heteroatoms. The van der Waals surface area contributed by atoms with Crippen LogP contribution in [-0.2, 0) is 11.3 Å². The highest BCUT2D eigenvalue weighted by Gasteiger charge is 2.29. The number of nitrogens with one attached hydrogen (secondary N) is 1. The number of nitrogens with zero attached hydrogens (tertiary/aromatic N) is 2. The smallest absolute Gasteiger partial charge is 0.229 e. The van der Waals surface area contributed by atoms with Crippen LogP contribution in [0.15, 0.2) is 4.52 Å². The van der Waals surface area contributed by atoms with Crippen molar-refractivity contribution in [1.82, 2.24) is 15.5 Å². The largest absolute Gasteiger partial charge is 0.370 e. The quantitative estimate of drug-likeness (QED) is 0.831. The van der Waals surface area contributed by atoms with Crippen molar-refractivity contribution in [2.75, 3.05) is 13.1 Å². The second-order valence-electron chi connectivity index (χ2n) is 4.58. The topological polar surface area (TPSA) is 60.2 Å². The van der Waals surface area contributed by atoms with Gasteiger partial charge in [0.1, 0.15) is 6.61 Å². The molecule has 0 aromatic carbocycles. The Kier molecular flexibility index (Phi) is 2.88. The van der Waals surface area contributed by atoms with E-state index in [9.17, 15) is 0 Å². The van der Waals surface area contributed by atoms with Crippen LogP contribution in [0.4, 0.5) is 0 Å². The predicted octanol–water partition coefficient (Wildman–Crippen LogP) is 1.22. The Balaban J connectivity index is 1.49. The minimum Gasteiger partial charge on any atom is -0.370 e. The molecule has 1 saturated heterocycles. The number of ether oxygens (including phenoxy) is 1. The number of aromatic nitrogens is 2. The van der Waals surface area contributed by atoms with Crippen molar-refractivity contribution in [3.63, 3.8) is 0 Å². The summed E-state index contributed by atoms with van der Waals surface area (Å²) >= 11 is 0. The van der Waals surface area contributed by atoms with E-state index in [4.69, 9.17) is 9.26 Å². The molecule has 1 N–H and O–H groups in total. The molecule has 0 atom stereocenters. The molecule has 0 bridgehead atoms. The van der Waals surface area contributed by atoms with Crippen LogP contribution in [0.3, 0.4) is 0 Å². The highest BCUT2D eigenvalue weighted by atomic mass is 16.5. The molecule has 16 heavy (non-hydrogen) atoms.